The second kappa shape index (κ2) is 5.23. The largest absolute Gasteiger partial charge is 0.295 e. The summed E-state index contributed by atoms with van der Waals surface area (Å²) in [7, 11) is 0. The quantitative estimate of drug-likeness (QED) is 0.770. The third-order valence-electron chi connectivity index (χ3n) is 1.87. The van der Waals surface area contributed by atoms with Crippen molar-refractivity contribution in [3.05, 3.63) is 48.1 Å². The van der Waals surface area contributed by atoms with Crippen LogP contribution in [0.15, 0.2) is 30.9 Å². The lowest BCUT2D eigenvalue weighted by Gasteiger charge is -2.10. The molecule has 1 unspecified atom stereocenters. The van der Waals surface area contributed by atoms with Crippen LogP contribution in [-0.2, 0) is 0 Å². The van der Waals surface area contributed by atoms with Gasteiger partial charge in [-0.3, -0.25) is 5.32 Å². The molecule has 0 saturated heterocycles. The Bertz CT molecular complexity index is 396. The first-order valence-electron chi connectivity index (χ1n) is 4.38. The maximum Gasteiger partial charge on any atom is 0.131 e. The highest BCUT2D eigenvalue weighted by atomic mass is 19.1. The highest BCUT2D eigenvalue weighted by molar-refractivity contribution is 5.26. The van der Waals surface area contributed by atoms with Crippen molar-refractivity contribution in [2.24, 2.45) is 0 Å². The second-order valence-electron chi connectivity index (χ2n) is 2.92. The predicted molar refractivity (Wildman–Crippen MR) is 52.9 cm³/mol. The van der Waals surface area contributed by atoms with Gasteiger partial charge in [0.25, 0.3) is 0 Å². The van der Waals surface area contributed by atoms with Crippen molar-refractivity contribution in [1.29, 1.82) is 5.26 Å². The average molecular weight is 208 g/mol. The van der Waals surface area contributed by atoms with Crippen LogP contribution in [0.4, 0.5) is 8.78 Å². The smallest absolute Gasteiger partial charge is 0.131 e. The monoisotopic (exact) mass is 208 g/mol. The van der Waals surface area contributed by atoms with Gasteiger partial charge in [-0.1, -0.05) is 12.1 Å². The third kappa shape index (κ3) is 2.86. The Morgan fingerprint density at radius 1 is 1.53 bits per heavy atom. The fourth-order valence-electron chi connectivity index (χ4n) is 1.16. The number of rotatable bonds is 4. The fraction of sp³-hybridized carbons (Fsp3) is 0.182. The second-order valence-corrected chi connectivity index (χ2v) is 2.92. The maximum atomic E-state index is 13.3. The minimum atomic E-state index is -0.788. The molecule has 1 atom stereocenters. The summed E-state index contributed by atoms with van der Waals surface area (Å²) in [4.78, 5) is 0. The summed E-state index contributed by atoms with van der Waals surface area (Å²) in [6.45, 7) is 3.86. The van der Waals surface area contributed by atoms with Crippen molar-refractivity contribution in [1.82, 2.24) is 5.32 Å². The van der Waals surface area contributed by atoms with E-state index < -0.39 is 17.7 Å². The minimum Gasteiger partial charge on any atom is -0.295 e. The normalized spacial score (nSPS) is 11.8. The van der Waals surface area contributed by atoms with Gasteiger partial charge in [0.05, 0.1) is 6.07 Å². The number of nitrogens with one attached hydrogen (secondary N) is 1. The number of hydrogen-bond donors (Lipinski definition) is 1. The lowest BCUT2D eigenvalue weighted by Crippen LogP contribution is -2.20. The Morgan fingerprint density at radius 3 is 2.80 bits per heavy atom. The molecule has 1 aromatic rings. The molecule has 15 heavy (non-hydrogen) atoms. The predicted octanol–water partition coefficient (Wildman–Crippen LogP) is 2.31. The van der Waals surface area contributed by atoms with E-state index in [0.717, 1.165) is 12.1 Å². The van der Waals surface area contributed by atoms with E-state index >= 15 is 0 Å². The number of hydrogen-bond acceptors (Lipinski definition) is 2. The molecule has 0 spiro atoms. The SMILES string of the molecule is C=CCNC(C#N)c1ccc(F)cc1F. The zero-order valence-electron chi connectivity index (χ0n) is 8.00. The van der Waals surface area contributed by atoms with Crippen molar-refractivity contribution in [2.75, 3.05) is 6.54 Å². The maximum absolute atomic E-state index is 13.3. The van der Waals surface area contributed by atoms with Gasteiger partial charge in [0, 0.05) is 18.2 Å². The number of benzene rings is 1. The molecule has 0 amide bonds. The van der Waals surface area contributed by atoms with Crippen molar-refractivity contribution < 1.29 is 8.78 Å². The number of nitriles is 1. The molecule has 0 saturated carbocycles. The molecule has 0 radical (unpaired) electrons. The van der Waals surface area contributed by atoms with Gasteiger partial charge in [0.2, 0.25) is 0 Å². The summed E-state index contributed by atoms with van der Waals surface area (Å²) in [5, 5.41) is 11.5. The number of nitrogens with zero attached hydrogens (tertiary/aromatic N) is 1. The summed E-state index contributed by atoms with van der Waals surface area (Å²) in [6.07, 6.45) is 1.56. The molecule has 0 aromatic heterocycles. The van der Waals surface area contributed by atoms with E-state index in [1.54, 1.807) is 6.08 Å². The van der Waals surface area contributed by atoms with E-state index in [1.165, 1.54) is 6.07 Å². The van der Waals surface area contributed by atoms with Crippen LogP contribution in [-0.4, -0.2) is 6.54 Å². The first-order valence-corrected chi connectivity index (χ1v) is 4.38. The zero-order valence-corrected chi connectivity index (χ0v) is 8.00. The van der Waals surface area contributed by atoms with E-state index in [2.05, 4.69) is 11.9 Å². The van der Waals surface area contributed by atoms with Crippen LogP contribution in [0.5, 0.6) is 0 Å². The van der Waals surface area contributed by atoms with Crippen LogP contribution >= 0.6 is 0 Å². The Balaban J connectivity index is 2.92. The molecule has 1 N–H and O–H groups in total. The van der Waals surface area contributed by atoms with Crippen LogP contribution in [0.2, 0.25) is 0 Å². The van der Waals surface area contributed by atoms with E-state index in [4.69, 9.17) is 5.26 Å². The Hall–Kier alpha value is -1.73. The molecule has 0 heterocycles. The van der Waals surface area contributed by atoms with Gasteiger partial charge in [-0.2, -0.15) is 5.26 Å². The highest BCUT2D eigenvalue weighted by Gasteiger charge is 2.14. The summed E-state index contributed by atoms with van der Waals surface area (Å²) in [6, 6.07) is 4.24. The first kappa shape index (κ1) is 11.3. The van der Waals surface area contributed by atoms with Crippen LogP contribution in [0.1, 0.15) is 11.6 Å². The van der Waals surface area contributed by atoms with Gasteiger partial charge < -0.3 is 0 Å². The molecule has 2 nitrogen and oxygen atoms in total. The standard InChI is InChI=1S/C11H10F2N2/c1-2-5-15-11(7-14)9-4-3-8(12)6-10(9)13/h2-4,6,11,15H,1,5H2. The lowest BCUT2D eigenvalue weighted by atomic mass is 10.1. The van der Waals surface area contributed by atoms with Crippen LogP contribution in [0.3, 0.4) is 0 Å². The van der Waals surface area contributed by atoms with Crippen LogP contribution < -0.4 is 5.32 Å². The summed E-state index contributed by atoms with van der Waals surface area (Å²) in [5.41, 5.74) is 0.140. The van der Waals surface area contributed by atoms with Gasteiger partial charge in [0.1, 0.15) is 17.7 Å². The van der Waals surface area contributed by atoms with E-state index in [1.807, 2.05) is 6.07 Å². The molecule has 0 aliphatic carbocycles. The van der Waals surface area contributed by atoms with Crippen LogP contribution in [0, 0.1) is 23.0 Å². The summed E-state index contributed by atoms with van der Waals surface area (Å²) < 4.78 is 25.9. The topological polar surface area (TPSA) is 35.8 Å². The van der Waals surface area contributed by atoms with Crippen molar-refractivity contribution in [3.63, 3.8) is 0 Å². The average Bonchev–Trinajstić information content (AvgIpc) is 2.21. The van der Waals surface area contributed by atoms with Gasteiger partial charge in [-0.15, -0.1) is 6.58 Å². The molecule has 4 heteroatoms. The van der Waals surface area contributed by atoms with Crippen LogP contribution in [0.25, 0.3) is 0 Å². The summed E-state index contributed by atoms with van der Waals surface area (Å²) in [5.74, 6) is -1.38. The van der Waals surface area contributed by atoms with Crippen molar-refractivity contribution in [2.45, 2.75) is 6.04 Å². The van der Waals surface area contributed by atoms with E-state index in [-0.39, 0.29) is 5.56 Å². The van der Waals surface area contributed by atoms with Gasteiger partial charge in [-0.25, -0.2) is 8.78 Å². The molecule has 0 aliphatic heterocycles. The van der Waals surface area contributed by atoms with Crippen molar-refractivity contribution in [3.8, 4) is 6.07 Å². The van der Waals surface area contributed by atoms with E-state index in [9.17, 15) is 8.78 Å². The molecule has 0 fully saturated rings. The fourth-order valence-corrected chi connectivity index (χ4v) is 1.16. The van der Waals surface area contributed by atoms with Gasteiger partial charge >= 0.3 is 0 Å². The molecule has 1 rings (SSSR count). The molecular formula is C11H10F2N2. The Labute approximate surface area is 86.8 Å². The van der Waals surface area contributed by atoms with Gasteiger partial charge in [0.15, 0.2) is 0 Å². The molecular weight excluding hydrogens is 198 g/mol. The van der Waals surface area contributed by atoms with E-state index in [0.29, 0.717) is 6.54 Å². The highest BCUT2D eigenvalue weighted by Crippen LogP contribution is 2.17. The van der Waals surface area contributed by atoms with Gasteiger partial charge in [-0.05, 0) is 6.07 Å². The molecule has 1 aromatic carbocycles. The molecule has 0 aliphatic rings. The molecule has 0 bridgehead atoms. The summed E-state index contributed by atoms with van der Waals surface area (Å²) >= 11 is 0. The number of halogens is 2. The Kier molecular flexibility index (Phi) is 3.95. The lowest BCUT2D eigenvalue weighted by molar-refractivity contribution is 0.553. The zero-order chi connectivity index (χ0) is 11.3. The minimum absolute atomic E-state index is 0.140. The third-order valence-corrected chi connectivity index (χ3v) is 1.87. The van der Waals surface area contributed by atoms with Crippen molar-refractivity contribution >= 4 is 0 Å². The molecule has 78 valence electrons. The Morgan fingerprint density at radius 2 is 2.27 bits per heavy atom. The first-order chi connectivity index (χ1) is 7.19.